The molecule has 5 nitrogen and oxygen atoms in total. The van der Waals surface area contributed by atoms with Crippen molar-refractivity contribution in [2.24, 2.45) is 0 Å². The van der Waals surface area contributed by atoms with Gasteiger partial charge in [0, 0.05) is 17.0 Å². The van der Waals surface area contributed by atoms with Crippen molar-refractivity contribution in [1.82, 2.24) is 0 Å². The van der Waals surface area contributed by atoms with Crippen LogP contribution in [0.15, 0.2) is 51.8 Å². The fourth-order valence-electron chi connectivity index (χ4n) is 1.87. The number of halogens is 1. The Balaban J connectivity index is 2.23. The number of rotatable bonds is 7. The van der Waals surface area contributed by atoms with Gasteiger partial charge in [0.05, 0.1) is 6.61 Å². The van der Waals surface area contributed by atoms with E-state index in [1.807, 2.05) is 0 Å². The van der Waals surface area contributed by atoms with Gasteiger partial charge in [-0.1, -0.05) is 22.0 Å². The molecule has 2 aromatic rings. The summed E-state index contributed by atoms with van der Waals surface area (Å²) in [5.41, 5.74) is 0.785. The molecule has 0 spiro atoms. The largest absolute Gasteiger partial charge is 0.493 e. The lowest BCUT2D eigenvalue weighted by Crippen LogP contribution is -2.10. The van der Waals surface area contributed by atoms with Gasteiger partial charge in [-0.25, -0.2) is 0 Å². The van der Waals surface area contributed by atoms with Crippen molar-refractivity contribution in [3.8, 4) is 11.5 Å². The summed E-state index contributed by atoms with van der Waals surface area (Å²) in [4.78, 5) is 10.4. The van der Waals surface area contributed by atoms with Gasteiger partial charge in [0.15, 0.2) is 0 Å². The summed E-state index contributed by atoms with van der Waals surface area (Å²) in [6.45, 7) is 2.02. The standard InChI is InChI=1S/C16H15BrO5S/c1-12-8-14(21-7-3-6-18)11-15(9-12)22-23(19,20)16-5-2-4-13(17)10-16/h2,4-6,8-11H,3,7H2,1H3. The Morgan fingerprint density at radius 1 is 1.13 bits per heavy atom. The topological polar surface area (TPSA) is 69.7 Å². The molecule has 0 radical (unpaired) electrons. The summed E-state index contributed by atoms with van der Waals surface area (Å²) in [7, 11) is -3.94. The van der Waals surface area contributed by atoms with Crippen LogP contribution < -0.4 is 8.92 Å². The lowest BCUT2D eigenvalue weighted by molar-refractivity contribution is -0.108. The lowest BCUT2D eigenvalue weighted by atomic mass is 10.2. The highest BCUT2D eigenvalue weighted by Gasteiger charge is 2.17. The quantitative estimate of drug-likeness (QED) is 0.405. The highest BCUT2D eigenvalue weighted by Crippen LogP contribution is 2.26. The fourth-order valence-corrected chi connectivity index (χ4v) is 3.38. The molecule has 122 valence electrons. The van der Waals surface area contributed by atoms with Gasteiger partial charge < -0.3 is 13.7 Å². The molecule has 23 heavy (non-hydrogen) atoms. The molecule has 0 atom stereocenters. The van der Waals surface area contributed by atoms with Gasteiger partial charge in [-0.15, -0.1) is 0 Å². The summed E-state index contributed by atoms with van der Waals surface area (Å²) in [6.07, 6.45) is 1.02. The minimum atomic E-state index is -3.94. The Morgan fingerprint density at radius 3 is 2.57 bits per heavy atom. The molecule has 0 aliphatic heterocycles. The molecule has 0 N–H and O–H groups in total. The van der Waals surface area contributed by atoms with Crippen LogP contribution in [0, 0.1) is 6.92 Å². The highest BCUT2D eigenvalue weighted by atomic mass is 79.9. The van der Waals surface area contributed by atoms with E-state index in [2.05, 4.69) is 15.9 Å². The van der Waals surface area contributed by atoms with Crippen molar-refractivity contribution in [1.29, 1.82) is 0 Å². The molecule has 0 bridgehead atoms. The molecule has 0 saturated heterocycles. The van der Waals surface area contributed by atoms with Crippen molar-refractivity contribution < 1.29 is 22.1 Å². The maximum absolute atomic E-state index is 12.3. The van der Waals surface area contributed by atoms with Crippen LogP contribution in [0.4, 0.5) is 0 Å². The number of carbonyl (C=O) groups excluding carboxylic acids is 1. The second-order valence-corrected chi connectivity index (χ2v) is 7.24. The summed E-state index contributed by atoms with van der Waals surface area (Å²) >= 11 is 3.23. The third-order valence-electron chi connectivity index (χ3n) is 2.82. The van der Waals surface area contributed by atoms with Crippen molar-refractivity contribution >= 4 is 32.3 Å². The van der Waals surface area contributed by atoms with Crippen LogP contribution in [0.2, 0.25) is 0 Å². The first-order valence-corrected chi connectivity index (χ1v) is 8.99. The SMILES string of the molecule is Cc1cc(OCCC=O)cc(OS(=O)(=O)c2cccc(Br)c2)c1. The van der Waals surface area contributed by atoms with E-state index in [0.29, 0.717) is 10.2 Å². The number of hydrogen-bond acceptors (Lipinski definition) is 5. The Kier molecular flexibility index (Phi) is 5.79. The molecule has 0 heterocycles. The van der Waals surface area contributed by atoms with E-state index < -0.39 is 10.1 Å². The van der Waals surface area contributed by atoms with Crippen LogP contribution in [0.5, 0.6) is 11.5 Å². The normalized spacial score (nSPS) is 11.0. The van der Waals surface area contributed by atoms with E-state index in [0.717, 1.165) is 11.8 Å². The van der Waals surface area contributed by atoms with E-state index in [-0.39, 0.29) is 23.7 Å². The number of aryl methyl sites for hydroxylation is 1. The first-order valence-electron chi connectivity index (χ1n) is 6.79. The number of carbonyl (C=O) groups is 1. The predicted molar refractivity (Wildman–Crippen MR) is 89.3 cm³/mol. The van der Waals surface area contributed by atoms with Gasteiger partial charge in [-0.2, -0.15) is 8.42 Å². The van der Waals surface area contributed by atoms with Crippen molar-refractivity contribution in [2.75, 3.05) is 6.61 Å². The van der Waals surface area contributed by atoms with Gasteiger partial charge in [0.25, 0.3) is 0 Å². The van der Waals surface area contributed by atoms with Crippen molar-refractivity contribution in [3.05, 3.63) is 52.5 Å². The zero-order valence-corrected chi connectivity index (χ0v) is 14.8. The molecular weight excluding hydrogens is 384 g/mol. The van der Waals surface area contributed by atoms with Crippen LogP contribution in [0.1, 0.15) is 12.0 Å². The number of ether oxygens (including phenoxy) is 1. The molecule has 0 fully saturated rings. The van der Waals surface area contributed by atoms with E-state index in [1.54, 1.807) is 31.2 Å². The molecule has 2 rings (SSSR count). The molecule has 0 aliphatic carbocycles. The summed E-state index contributed by atoms with van der Waals surface area (Å²) in [5, 5.41) is 0. The van der Waals surface area contributed by atoms with Gasteiger partial charge in [0.1, 0.15) is 22.7 Å². The molecule has 0 unspecified atom stereocenters. The Labute approximate surface area is 143 Å². The molecule has 7 heteroatoms. The van der Waals surface area contributed by atoms with Crippen LogP contribution in [-0.2, 0) is 14.9 Å². The number of benzene rings is 2. The molecule has 0 aliphatic rings. The van der Waals surface area contributed by atoms with Crippen LogP contribution in [0.25, 0.3) is 0 Å². The van der Waals surface area contributed by atoms with Crippen LogP contribution in [0.3, 0.4) is 0 Å². The average Bonchev–Trinajstić information content (AvgIpc) is 2.46. The van der Waals surface area contributed by atoms with Crippen LogP contribution >= 0.6 is 15.9 Å². The third kappa shape index (κ3) is 5.07. The molecule has 0 saturated carbocycles. The summed E-state index contributed by atoms with van der Waals surface area (Å²) < 4.78 is 35.8. The average molecular weight is 399 g/mol. The van der Waals surface area contributed by atoms with E-state index in [4.69, 9.17) is 8.92 Å². The maximum atomic E-state index is 12.3. The van der Waals surface area contributed by atoms with Gasteiger partial charge in [0.2, 0.25) is 0 Å². The molecule has 0 amide bonds. The molecule has 2 aromatic carbocycles. The zero-order chi connectivity index (χ0) is 16.9. The van der Waals surface area contributed by atoms with Crippen molar-refractivity contribution in [2.45, 2.75) is 18.2 Å². The summed E-state index contributed by atoms with van der Waals surface area (Å²) in [6, 6.07) is 11.1. The number of aldehydes is 1. The third-order valence-corrected chi connectivity index (χ3v) is 4.56. The first kappa shape index (κ1) is 17.5. The van der Waals surface area contributed by atoms with Crippen molar-refractivity contribution in [3.63, 3.8) is 0 Å². The van der Waals surface area contributed by atoms with E-state index in [9.17, 15) is 13.2 Å². The van der Waals surface area contributed by atoms with Gasteiger partial charge in [-0.05, 0) is 42.8 Å². The first-order chi connectivity index (χ1) is 10.9. The smallest absolute Gasteiger partial charge is 0.339 e. The second-order valence-electron chi connectivity index (χ2n) is 4.78. The van der Waals surface area contributed by atoms with Crippen LogP contribution in [-0.4, -0.2) is 21.3 Å². The fraction of sp³-hybridized carbons (Fsp3) is 0.188. The molecular formula is C16H15BrO5S. The lowest BCUT2D eigenvalue weighted by Gasteiger charge is -2.11. The number of hydrogen-bond donors (Lipinski definition) is 0. The minimum absolute atomic E-state index is 0.0526. The minimum Gasteiger partial charge on any atom is -0.493 e. The highest BCUT2D eigenvalue weighted by molar-refractivity contribution is 9.10. The Hall–Kier alpha value is -1.86. The van der Waals surface area contributed by atoms with Gasteiger partial charge >= 0.3 is 10.1 Å². The van der Waals surface area contributed by atoms with Gasteiger partial charge in [-0.3, -0.25) is 0 Å². The predicted octanol–water partition coefficient (Wildman–Crippen LogP) is 3.49. The maximum Gasteiger partial charge on any atom is 0.339 e. The zero-order valence-electron chi connectivity index (χ0n) is 12.4. The van der Waals surface area contributed by atoms with E-state index in [1.165, 1.54) is 18.2 Å². The van der Waals surface area contributed by atoms with E-state index >= 15 is 0 Å². The Bertz CT molecular complexity index is 802. The second kappa shape index (κ2) is 7.61. The Morgan fingerprint density at radius 2 is 1.87 bits per heavy atom. The summed E-state index contributed by atoms with van der Waals surface area (Å²) in [5.74, 6) is 0.609. The monoisotopic (exact) mass is 398 g/mol. The molecule has 0 aromatic heterocycles.